The summed E-state index contributed by atoms with van der Waals surface area (Å²) in [4.78, 5) is 16.8. The molecule has 0 saturated carbocycles. The van der Waals surface area contributed by atoms with Gasteiger partial charge in [0, 0.05) is 11.3 Å². The van der Waals surface area contributed by atoms with Crippen molar-refractivity contribution in [2.24, 2.45) is 0 Å². The molecule has 0 unspecified atom stereocenters. The van der Waals surface area contributed by atoms with Crippen LogP contribution in [-0.2, 0) is 4.79 Å². The lowest BCUT2D eigenvalue weighted by Crippen LogP contribution is -2.22. The number of carbonyl (C=O) groups is 1. The van der Waals surface area contributed by atoms with E-state index < -0.39 is 0 Å². The van der Waals surface area contributed by atoms with Crippen molar-refractivity contribution in [3.8, 4) is 17.1 Å². The number of methoxy groups -OCH3 is 1. The molecule has 0 spiro atoms. The third-order valence-corrected chi connectivity index (χ3v) is 4.76. The van der Waals surface area contributed by atoms with Crippen LogP contribution in [0.25, 0.3) is 11.4 Å². The monoisotopic (exact) mass is 368 g/mol. The van der Waals surface area contributed by atoms with Gasteiger partial charge in [-0.2, -0.15) is 0 Å². The van der Waals surface area contributed by atoms with Crippen molar-refractivity contribution in [3.63, 3.8) is 0 Å². The van der Waals surface area contributed by atoms with Crippen LogP contribution in [0.3, 0.4) is 0 Å². The van der Waals surface area contributed by atoms with E-state index in [9.17, 15) is 4.79 Å². The maximum atomic E-state index is 12.3. The number of nitrogens with one attached hydrogen (secondary N) is 2. The first kappa shape index (κ1) is 18.0. The summed E-state index contributed by atoms with van der Waals surface area (Å²) in [6.45, 7) is 3.84. The lowest BCUT2D eigenvalue weighted by molar-refractivity contribution is -0.115. The van der Waals surface area contributed by atoms with Gasteiger partial charge in [0.25, 0.3) is 0 Å². The zero-order valence-electron chi connectivity index (χ0n) is 14.8. The number of aromatic amines is 1. The molecule has 0 aliphatic rings. The average molecular weight is 368 g/mol. The highest BCUT2D eigenvalue weighted by Gasteiger charge is 2.17. The smallest absolute Gasteiger partial charge is 0.237 e. The van der Waals surface area contributed by atoms with Gasteiger partial charge in [0.2, 0.25) is 11.1 Å². The van der Waals surface area contributed by atoms with Crippen LogP contribution in [-0.4, -0.2) is 33.4 Å². The molecule has 134 valence electrons. The van der Waals surface area contributed by atoms with Crippen molar-refractivity contribution in [1.29, 1.82) is 0 Å². The summed E-state index contributed by atoms with van der Waals surface area (Å²) in [5, 5.41) is 10.2. The van der Waals surface area contributed by atoms with Crippen molar-refractivity contribution in [3.05, 3.63) is 54.1 Å². The summed E-state index contributed by atoms with van der Waals surface area (Å²) in [6.07, 6.45) is 0. The maximum Gasteiger partial charge on any atom is 0.237 e. The number of H-pyrrole nitrogens is 1. The average Bonchev–Trinajstić information content (AvgIpc) is 3.12. The molecule has 0 fully saturated rings. The van der Waals surface area contributed by atoms with Gasteiger partial charge in [0.05, 0.1) is 12.4 Å². The van der Waals surface area contributed by atoms with Gasteiger partial charge < -0.3 is 10.1 Å². The largest absolute Gasteiger partial charge is 0.497 e. The second kappa shape index (κ2) is 8.05. The molecular formula is C19H20N4O2S. The Labute approximate surface area is 156 Å². The molecule has 2 N–H and O–H groups in total. The molecule has 3 rings (SSSR count). The molecule has 7 heteroatoms. The van der Waals surface area contributed by atoms with Crippen molar-refractivity contribution in [2.75, 3.05) is 12.4 Å². The first-order valence-electron chi connectivity index (χ1n) is 8.16. The standard InChI is InChI=1S/C19H20N4O2S/c1-12-4-8-15(9-5-12)20-18(24)13(2)26-19-21-17(22-23-19)14-6-10-16(25-3)11-7-14/h4-11,13H,1-3H3,(H,20,24)(H,21,22,23)/t13-/m1/s1. The molecule has 1 heterocycles. The van der Waals surface area contributed by atoms with Gasteiger partial charge in [-0.25, -0.2) is 4.98 Å². The summed E-state index contributed by atoms with van der Waals surface area (Å²) in [5.74, 6) is 1.35. The van der Waals surface area contributed by atoms with E-state index in [-0.39, 0.29) is 11.2 Å². The SMILES string of the molecule is COc1ccc(-c2nc(S[C@H](C)C(=O)Nc3ccc(C)cc3)n[nH]2)cc1. The van der Waals surface area contributed by atoms with Crippen molar-refractivity contribution in [1.82, 2.24) is 15.2 Å². The van der Waals surface area contributed by atoms with E-state index in [0.29, 0.717) is 11.0 Å². The Balaban J connectivity index is 1.62. The molecule has 0 bridgehead atoms. The number of carbonyl (C=O) groups excluding carboxylic acids is 1. The number of ether oxygens (including phenoxy) is 1. The summed E-state index contributed by atoms with van der Waals surface area (Å²) in [7, 11) is 1.63. The minimum Gasteiger partial charge on any atom is -0.497 e. The molecule has 0 aliphatic carbocycles. The minimum absolute atomic E-state index is 0.0883. The highest BCUT2D eigenvalue weighted by molar-refractivity contribution is 8.00. The number of aryl methyl sites for hydroxylation is 1. The van der Waals surface area contributed by atoms with Crippen LogP contribution in [0.5, 0.6) is 5.75 Å². The van der Waals surface area contributed by atoms with Crippen LogP contribution in [0.1, 0.15) is 12.5 Å². The summed E-state index contributed by atoms with van der Waals surface area (Å²) in [6, 6.07) is 15.2. The lowest BCUT2D eigenvalue weighted by Gasteiger charge is -2.10. The Morgan fingerprint density at radius 2 is 1.85 bits per heavy atom. The molecule has 1 amide bonds. The molecule has 26 heavy (non-hydrogen) atoms. The van der Waals surface area contributed by atoms with E-state index in [1.165, 1.54) is 11.8 Å². The predicted octanol–water partition coefficient (Wildman–Crippen LogP) is 3.91. The number of nitrogens with zero attached hydrogens (tertiary/aromatic N) is 2. The van der Waals surface area contributed by atoms with E-state index >= 15 is 0 Å². The maximum absolute atomic E-state index is 12.3. The van der Waals surface area contributed by atoms with Crippen molar-refractivity contribution in [2.45, 2.75) is 24.3 Å². The molecular weight excluding hydrogens is 348 g/mol. The summed E-state index contributed by atoms with van der Waals surface area (Å²) >= 11 is 1.31. The zero-order valence-corrected chi connectivity index (χ0v) is 15.6. The first-order valence-corrected chi connectivity index (χ1v) is 9.04. The third kappa shape index (κ3) is 4.43. The number of hydrogen-bond acceptors (Lipinski definition) is 5. The Hall–Kier alpha value is -2.80. The molecule has 0 aliphatic heterocycles. The molecule has 6 nitrogen and oxygen atoms in total. The van der Waals surface area contributed by atoms with Gasteiger partial charge in [-0.3, -0.25) is 9.89 Å². The molecule has 0 saturated heterocycles. The van der Waals surface area contributed by atoms with Crippen LogP contribution in [0.15, 0.2) is 53.7 Å². The Kier molecular flexibility index (Phi) is 5.58. The van der Waals surface area contributed by atoms with Gasteiger partial charge in [0.15, 0.2) is 5.82 Å². The van der Waals surface area contributed by atoms with E-state index in [4.69, 9.17) is 4.74 Å². The Morgan fingerprint density at radius 3 is 2.50 bits per heavy atom. The molecule has 0 radical (unpaired) electrons. The number of thioether (sulfide) groups is 1. The number of anilines is 1. The molecule has 1 aromatic heterocycles. The second-order valence-corrected chi connectivity index (χ2v) is 7.12. The van der Waals surface area contributed by atoms with Gasteiger partial charge in [-0.05, 0) is 50.2 Å². The van der Waals surface area contributed by atoms with Crippen LogP contribution in [0.2, 0.25) is 0 Å². The van der Waals surface area contributed by atoms with Crippen molar-refractivity contribution < 1.29 is 9.53 Å². The first-order chi connectivity index (χ1) is 12.5. The van der Waals surface area contributed by atoms with Crippen LogP contribution in [0, 0.1) is 6.92 Å². The third-order valence-electron chi connectivity index (χ3n) is 3.80. The van der Waals surface area contributed by atoms with Gasteiger partial charge in [-0.1, -0.05) is 29.5 Å². The van der Waals surface area contributed by atoms with Gasteiger partial charge >= 0.3 is 0 Å². The number of amides is 1. The minimum atomic E-state index is -0.323. The van der Waals surface area contributed by atoms with Crippen LogP contribution < -0.4 is 10.1 Å². The molecule has 3 aromatic rings. The quantitative estimate of drug-likeness (QED) is 0.645. The van der Waals surface area contributed by atoms with E-state index in [1.54, 1.807) is 7.11 Å². The van der Waals surface area contributed by atoms with Gasteiger partial charge in [0.1, 0.15) is 5.75 Å². The molecule has 1 atom stereocenters. The van der Waals surface area contributed by atoms with Crippen molar-refractivity contribution >= 4 is 23.4 Å². The number of rotatable bonds is 6. The molecule has 2 aromatic carbocycles. The highest BCUT2D eigenvalue weighted by atomic mass is 32.2. The second-order valence-electron chi connectivity index (χ2n) is 5.81. The topological polar surface area (TPSA) is 79.9 Å². The summed E-state index contributed by atoms with van der Waals surface area (Å²) in [5.41, 5.74) is 2.83. The normalized spacial score (nSPS) is 11.8. The Morgan fingerprint density at radius 1 is 1.15 bits per heavy atom. The van der Waals surface area contributed by atoms with E-state index in [2.05, 4.69) is 20.5 Å². The predicted molar refractivity (Wildman–Crippen MR) is 103 cm³/mol. The number of benzene rings is 2. The fourth-order valence-electron chi connectivity index (χ4n) is 2.27. The van der Waals surface area contributed by atoms with Crippen LogP contribution in [0.4, 0.5) is 5.69 Å². The fraction of sp³-hybridized carbons (Fsp3) is 0.211. The fourth-order valence-corrected chi connectivity index (χ4v) is 2.99. The summed E-state index contributed by atoms with van der Waals surface area (Å²) < 4.78 is 5.15. The lowest BCUT2D eigenvalue weighted by atomic mass is 10.2. The highest BCUT2D eigenvalue weighted by Crippen LogP contribution is 2.24. The number of hydrogen-bond donors (Lipinski definition) is 2. The Bertz CT molecular complexity index is 875. The number of aromatic nitrogens is 3. The van der Waals surface area contributed by atoms with E-state index in [1.807, 2.05) is 62.4 Å². The van der Waals surface area contributed by atoms with Crippen LogP contribution >= 0.6 is 11.8 Å². The van der Waals surface area contributed by atoms with E-state index in [0.717, 1.165) is 22.6 Å². The van der Waals surface area contributed by atoms with Gasteiger partial charge in [-0.15, -0.1) is 5.10 Å². The zero-order chi connectivity index (χ0) is 18.5.